The summed E-state index contributed by atoms with van der Waals surface area (Å²) >= 11 is 0. The number of hydrogen-bond donors (Lipinski definition) is 2. The van der Waals surface area contributed by atoms with E-state index >= 15 is 0 Å². The molecule has 4 heteroatoms. The largest absolute Gasteiger partial charge is 0.394 e. The van der Waals surface area contributed by atoms with Gasteiger partial charge in [-0.05, 0) is 26.2 Å². The monoisotopic (exact) mass is 195 g/mol. The third kappa shape index (κ3) is 1.55. The van der Waals surface area contributed by atoms with Gasteiger partial charge in [0, 0.05) is 24.0 Å². The molecular formula is C10H17N3O. The van der Waals surface area contributed by atoms with Crippen molar-refractivity contribution in [1.82, 2.24) is 9.55 Å². The van der Waals surface area contributed by atoms with Gasteiger partial charge in [-0.3, -0.25) is 0 Å². The zero-order valence-electron chi connectivity index (χ0n) is 8.48. The zero-order valence-corrected chi connectivity index (χ0v) is 8.48. The fourth-order valence-electron chi connectivity index (χ4n) is 2.28. The maximum atomic E-state index is 9.16. The molecule has 4 nitrogen and oxygen atoms in total. The summed E-state index contributed by atoms with van der Waals surface area (Å²) in [5.41, 5.74) is 5.65. The fourth-order valence-corrected chi connectivity index (χ4v) is 2.28. The molecule has 78 valence electrons. The van der Waals surface area contributed by atoms with E-state index in [1.54, 1.807) is 0 Å². The molecule has 1 aromatic rings. The SMILES string of the molecule is Cc1nccn1C1CCC(N)(CO)C1. The summed E-state index contributed by atoms with van der Waals surface area (Å²) in [5.74, 6) is 1.03. The molecule has 0 amide bonds. The second-order valence-corrected chi connectivity index (χ2v) is 4.30. The summed E-state index contributed by atoms with van der Waals surface area (Å²) in [6, 6.07) is 0.412. The summed E-state index contributed by atoms with van der Waals surface area (Å²) in [7, 11) is 0. The summed E-state index contributed by atoms with van der Waals surface area (Å²) in [6.45, 7) is 2.08. The molecule has 1 aliphatic carbocycles. The number of imidazole rings is 1. The minimum absolute atomic E-state index is 0.0806. The van der Waals surface area contributed by atoms with Crippen molar-refractivity contribution in [2.75, 3.05) is 6.61 Å². The second kappa shape index (κ2) is 3.37. The van der Waals surface area contributed by atoms with E-state index < -0.39 is 0 Å². The Balaban J connectivity index is 2.13. The van der Waals surface area contributed by atoms with Gasteiger partial charge in [0.05, 0.1) is 6.61 Å². The van der Waals surface area contributed by atoms with Gasteiger partial charge in [-0.25, -0.2) is 4.98 Å². The van der Waals surface area contributed by atoms with Gasteiger partial charge in [-0.1, -0.05) is 0 Å². The third-order valence-corrected chi connectivity index (χ3v) is 3.19. The lowest BCUT2D eigenvalue weighted by Gasteiger charge is -2.21. The first-order chi connectivity index (χ1) is 6.64. The van der Waals surface area contributed by atoms with Crippen LogP contribution in [0.2, 0.25) is 0 Å². The van der Waals surface area contributed by atoms with Crippen molar-refractivity contribution in [3.63, 3.8) is 0 Å². The number of nitrogens with two attached hydrogens (primary N) is 1. The lowest BCUT2D eigenvalue weighted by molar-refractivity contribution is 0.195. The first-order valence-corrected chi connectivity index (χ1v) is 5.04. The Morgan fingerprint density at radius 3 is 3.07 bits per heavy atom. The van der Waals surface area contributed by atoms with Gasteiger partial charge in [0.25, 0.3) is 0 Å². The van der Waals surface area contributed by atoms with Gasteiger partial charge in [-0.15, -0.1) is 0 Å². The van der Waals surface area contributed by atoms with Crippen molar-refractivity contribution in [2.24, 2.45) is 5.73 Å². The van der Waals surface area contributed by atoms with Crippen LogP contribution in [-0.2, 0) is 0 Å². The van der Waals surface area contributed by atoms with Crippen molar-refractivity contribution >= 4 is 0 Å². The highest BCUT2D eigenvalue weighted by atomic mass is 16.3. The first kappa shape index (κ1) is 9.68. The van der Waals surface area contributed by atoms with E-state index in [0.717, 1.165) is 25.1 Å². The van der Waals surface area contributed by atoms with Crippen LogP contribution in [0.5, 0.6) is 0 Å². The molecule has 0 saturated heterocycles. The minimum Gasteiger partial charge on any atom is -0.394 e. The van der Waals surface area contributed by atoms with E-state index in [-0.39, 0.29) is 12.1 Å². The quantitative estimate of drug-likeness (QED) is 0.726. The Morgan fingerprint density at radius 2 is 2.57 bits per heavy atom. The molecule has 0 aliphatic heterocycles. The smallest absolute Gasteiger partial charge is 0.105 e. The van der Waals surface area contributed by atoms with Crippen LogP contribution in [0.3, 0.4) is 0 Å². The molecule has 0 aromatic carbocycles. The first-order valence-electron chi connectivity index (χ1n) is 5.04. The average molecular weight is 195 g/mol. The molecule has 1 fully saturated rings. The lowest BCUT2D eigenvalue weighted by atomic mass is 10.0. The molecule has 2 atom stereocenters. The summed E-state index contributed by atoms with van der Waals surface area (Å²) in [6.07, 6.45) is 6.58. The Kier molecular flexibility index (Phi) is 2.33. The average Bonchev–Trinajstić information content (AvgIpc) is 2.73. The second-order valence-electron chi connectivity index (χ2n) is 4.30. The Bertz CT molecular complexity index is 323. The van der Waals surface area contributed by atoms with Crippen LogP contribution in [0.25, 0.3) is 0 Å². The van der Waals surface area contributed by atoms with E-state index in [4.69, 9.17) is 10.8 Å². The standard InChI is InChI=1S/C10H17N3O/c1-8-12-4-5-13(8)9-2-3-10(11,6-9)7-14/h4-5,9,14H,2-3,6-7,11H2,1H3. The Labute approximate surface area is 83.8 Å². The van der Waals surface area contributed by atoms with E-state index in [1.165, 1.54) is 0 Å². The lowest BCUT2D eigenvalue weighted by Crippen LogP contribution is -2.40. The van der Waals surface area contributed by atoms with E-state index in [9.17, 15) is 0 Å². The number of rotatable bonds is 2. The number of aromatic nitrogens is 2. The van der Waals surface area contributed by atoms with Gasteiger partial charge in [0.15, 0.2) is 0 Å². The predicted octanol–water partition coefficient (Wildman–Crippen LogP) is 0.606. The minimum atomic E-state index is -0.374. The number of aryl methyl sites for hydroxylation is 1. The van der Waals surface area contributed by atoms with Crippen LogP contribution in [0, 0.1) is 6.92 Å². The van der Waals surface area contributed by atoms with Gasteiger partial charge in [-0.2, -0.15) is 0 Å². The number of aliphatic hydroxyl groups is 1. The molecule has 2 rings (SSSR count). The highest BCUT2D eigenvalue weighted by Crippen LogP contribution is 2.36. The molecule has 1 aliphatic rings. The van der Waals surface area contributed by atoms with Crippen LogP contribution in [0.15, 0.2) is 12.4 Å². The van der Waals surface area contributed by atoms with Crippen LogP contribution in [0.4, 0.5) is 0 Å². The van der Waals surface area contributed by atoms with Gasteiger partial charge >= 0.3 is 0 Å². The van der Waals surface area contributed by atoms with Crippen LogP contribution in [-0.4, -0.2) is 26.8 Å². The van der Waals surface area contributed by atoms with Crippen molar-refractivity contribution in [3.05, 3.63) is 18.2 Å². The van der Waals surface area contributed by atoms with Crippen molar-refractivity contribution < 1.29 is 5.11 Å². The molecule has 0 radical (unpaired) electrons. The topological polar surface area (TPSA) is 64.1 Å². The molecule has 2 unspecified atom stereocenters. The highest BCUT2D eigenvalue weighted by molar-refractivity contribution is 5.00. The van der Waals surface area contributed by atoms with Crippen LogP contribution < -0.4 is 5.73 Å². The molecule has 1 aromatic heterocycles. The van der Waals surface area contributed by atoms with Crippen LogP contribution >= 0.6 is 0 Å². The summed E-state index contributed by atoms with van der Waals surface area (Å²) in [4.78, 5) is 4.19. The molecule has 3 N–H and O–H groups in total. The van der Waals surface area contributed by atoms with E-state index in [1.807, 2.05) is 19.3 Å². The molecule has 1 saturated carbocycles. The van der Waals surface area contributed by atoms with Crippen molar-refractivity contribution in [2.45, 2.75) is 37.8 Å². The third-order valence-electron chi connectivity index (χ3n) is 3.19. The zero-order chi connectivity index (χ0) is 10.2. The number of aliphatic hydroxyl groups excluding tert-OH is 1. The molecule has 14 heavy (non-hydrogen) atoms. The molecular weight excluding hydrogens is 178 g/mol. The van der Waals surface area contributed by atoms with Crippen molar-refractivity contribution in [1.29, 1.82) is 0 Å². The van der Waals surface area contributed by atoms with E-state index in [2.05, 4.69) is 9.55 Å². The highest BCUT2D eigenvalue weighted by Gasteiger charge is 2.36. The normalized spacial score (nSPS) is 32.4. The maximum absolute atomic E-state index is 9.16. The summed E-state index contributed by atoms with van der Waals surface area (Å²) < 4.78 is 2.16. The molecule has 0 spiro atoms. The number of hydrogen-bond acceptors (Lipinski definition) is 3. The summed E-state index contributed by atoms with van der Waals surface area (Å²) in [5, 5.41) is 9.16. The Hall–Kier alpha value is -0.870. The van der Waals surface area contributed by atoms with Gasteiger partial charge < -0.3 is 15.4 Å². The fraction of sp³-hybridized carbons (Fsp3) is 0.700. The van der Waals surface area contributed by atoms with Crippen LogP contribution in [0.1, 0.15) is 31.1 Å². The molecule has 1 heterocycles. The Morgan fingerprint density at radius 1 is 1.79 bits per heavy atom. The van der Waals surface area contributed by atoms with Crippen molar-refractivity contribution in [3.8, 4) is 0 Å². The number of nitrogens with zero attached hydrogens (tertiary/aromatic N) is 2. The van der Waals surface area contributed by atoms with Gasteiger partial charge in [0.1, 0.15) is 5.82 Å². The van der Waals surface area contributed by atoms with Gasteiger partial charge in [0.2, 0.25) is 0 Å². The van der Waals surface area contributed by atoms with E-state index in [0.29, 0.717) is 6.04 Å². The maximum Gasteiger partial charge on any atom is 0.105 e. The predicted molar refractivity (Wildman–Crippen MR) is 53.9 cm³/mol. The molecule has 0 bridgehead atoms.